The Hall–Kier alpha value is -1.58. The second-order valence-electron chi connectivity index (χ2n) is 10.2. The van der Waals surface area contributed by atoms with E-state index in [0.29, 0.717) is 0 Å². The molecule has 3 rings (SSSR count). The molecule has 8 N–H and O–H groups in total. The zero-order valence-corrected chi connectivity index (χ0v) is 23.4. The number of carbonyl (C=O) groups excluding carboxylic acids is 2. The third kappa shape index (κ3) is 7.69. The first-order valence-corrected chi connectivity index (χ1v) is 13.2. The van der Waals surface area contributed by atoms with Gasteiger partial charge in [-0.15, -0.1) is 0 Å². The maximum Gasteiger partial charge on any atom is 0.217 e. The molecule has 0 aromatic heterocycles. The number of aliphatic hydroxyl groups excluding tert-OH is 6. The summed E-state index contributed by atoms with van der Waals surface area (Å²) in [6, 6.07) is -2.60. The molecule has 2 amide bonds. The van der Waals surface area contributed by atoms with Gasteiger partial charge in [-0.3, -0.25) is 9.59 Å². The van der Waals surface area contributed by atoms with Crippen molar-refractivity contribution in [3.05, 3.63) is 0 Å². The van der Waals surface area contributed by atoms with E-state index in [1.165, 1.54) is 35.0 Å². The van der Waals surface area contributed by atoms with Crippen LogP contribution < -0.4 is 10.6 Å². The summed E-state index contributed by atoms with van der Waals surface area (Å²) < 4.78 is 39.4. The summed E-state index contributed by atoms with van der Waals surface area (Å²) in [7, 11) is 2.57. The molecule has 3 aliphatic heterocycles. The van der Waals surface area contributed by atoms with Crippen molar-refractivity contribution in [1.82, 2.24) is 10.6 Å². The summed E-state index contributed by atoms with van der Waals surface area (Å²) >= 11 is 0. The molecule has 0 aromatic rings. The van der Waals surface area contributed by atoms with Crippen molar-refractivity contribution in [3.8, 4) is 0 Å². The molecule has 0 radical (unpaired) electrons. The largest absolute Gasteiger partial charge is 0.394 e. The van der Waals surface area contributed by atoms with E-state index < -0.39 is 117 Å². The van der Waals surface area contributed by atoms with Gasteiger partial charge in [-0.1, -0.05) is 0 Å². The molecule has 0 spiro atoms. The molecular formula is C24H42N2O15. The molecule has 41 heavy (non-hydrogen) atoms. The number of hydrogen-bond acceptors (Lipinski definition) is 15. The summed E-state index contributed by atoms with van der Waals surface area (Å²) in [5, 5.41) is 67.9. The normalized spacial score (nSPS) is 45.2. The fraction of sp³-hybridized carbons (Fsp3) is 0.917. The molecule has 15 atom stereocenters. The number of nitrogens with one attached hydrogen (secondary N) is 2. The maximum atomic E-state index is 11.9. The molecule has 3 saturated heterocycles. The number of amides is 2. The number of ether oxygens (including phenoxy) is 7. The summed E-state index contributed by atoms with van der Waals surface area (Å²) in [6.07, 6.45) is -16.9. The standard InChI is InChI=1S/C24H42N2O15/c1-8-15(30)18(33)21(36-5)24(38-8)37-7-12-20(16(31)13(22(34)39-12)25-9(2)28)41-23-14(26-10(3)29)17(32)19(35-4)11(6-27)40-23/h8,11-24,27,30-34H,6-7H2,1-5H3,(H,25,28)(H,26,29)/t8?,11?,12?,13?,14?,15-,16-,17-,18?,19-,20-,21-,22-,23+,24-/m1/s1. The van der Waals surface area contributed by atoms with Crippen molar-refractivity contribution in [2.24, 2.45) is 0 Å². The fourth-order valence-corrected chi connectivity index (χ4v) is 5.22. The minimum Gasteiger partial charge on any atom is -0.394 e. The number of hydrogen-bond donors (Lipinski definition) is 8. The molecule has 0 saturated carbocycles. The topological polar surface area (TPSA) is 244 Å². The van der Waals surface area contributed by atoms with E-state index in [2.05, 4.69) is 10.6 Å². The molecule has 0 aromatic carbocycles. The van der Waals surface area contributed by atoms with E-state index in [1.807, 2.05) is 0 Å². The van der Waals surface area contributed by atoms with Crippen LogP contribution >= 0.6 is 0 Å². The van der Waals surface area contributed by atoms with Gasteiger partial charge in [0.25, 0.3) is 0 Å². The average Bonchev–Trinajstić information content (AvgIpc) is 2.91. The first kappa shape index (κ1) is 33.9. The lowest BCUT2D eigenvalue weighted by atomic mass is 9.94. The highest BCUT2D eigenvalue weighted by atomic mass is 16.7. The SMILES string of the molecule is CO[C@@H]1C(O)[C@H](O)C(C)O[C@H]1OCC1O[C@@H](O)C(NC(C)=O)[C@@H](O)[C@@H]1O[C@@H]1OC(CO)[C@@H](OC)[C@H](O)C1NC(C)=O. The van der Waals surface area contributed by atoms with Crippen molar-refractivity contribution in [3.63, 3.8) is 0 Å². The number of rotatable bonds is 10. The Balaban J connectivity index is 1.87. The second kappa shape index (κ2) is 14.7. The van der Waals surface area contributed by atoms with E-state index >= 15 is 0 Å². The van der Waals surface area contributed by atoms with E-state index in [9.17, 15) is 40.2 Å². The van der Waals surface area contributed by atoms with Gasteiger partial charge in [0.05, 0.1) is 19.3 Å². The highest BCUT2D eigenvalue weighted by molar-refractivity contribution is 5.73. The minimum atomic E-state index is -1.72. The monoisotopic (exact) mass is 598 g/mol. The number of methoxy groups -OCH3 is 2. The zero-order valence-electron chi connectivity index (χ0n) is 23.4. The Morgan fingerprint density at radius 2 is 1.32 bits per heavy atom. The third-order valence-electron chi connectivity index (χ3n) is 7.33. The van der Waals surface area contributed by atoms with E-state index in [-0.39, 0.29) is 0 Å². The molecule has 0 aliphatic carbocycles. The molecule has 17 heteroatoms. The smallest absolute Gasteiger partial charge is 0.217 e. The van der Waals surface area contributed by atoms with Crippen LogP contribution in [0.15, 0.2) is 0 Å². The summed E-state index contributed by atoms with van der Waals surface area (Å²) in [4.78, 5) is 23.7. The Labute approximate surface area is 236 Å². The predicted octanol–water partition coefficient (Wildman–Crippen LogP) is -4.95. The first-order chi connectivity index (χ1) is 19.3. The van der Waals surface area contributed by atoms with Crippen LogP contribution in [0.25, 0.3) is 0 Å². The van der Waals surface area contributed by atoms with Gasteiger partial charge in [0.2, 0.25) is 11.8 Å². The second-order valence-corrected chi connectivity index (χ2v) is 10.2. The lowest BCUT2D eigenvalue weighted by molar-refractivity contribution is -0.342. The first-order valence-electron chi connectivity index (χ1n) is 13.2. The van der Waals surface area contributed by atoms with Gasteiger partial charge in [-0.25, -0.2) is 0 Å². The van der Waals surface area contributed by atoms with Crippen LogP contribution in [0.4, 0.5) is 0 Å². The fourth-order valence-electron chi connectivity index (χ4n) is 5.22. The zero-order chi connectivity index (χ0) is 30.6. The quantitative estimate of drug-likeness (QED) is 0.117. The van der Waals surface area contributed by atoms with Gasteiger partial charge < -0.3 is 74.4 Å². The van der Waals surface area contributed by atoms with Crippen molar-refractivity contribution >= 4 is 11.8 Å². The molecule has 238 valence electrons. The van der Waals surface area contributed by atoms with Crippen LogP contribution in [0, 0.1) is 0 Å². The molecule has 17 nitrogen and oxygen atoms in total. The Morgan fingerprint density at radius 3 is 1.88 bits per heavy atom. The lowest BCUT2D eigenvalue weighted by Gasteiger charge is -2.48. The van der Waals surface area contributed by atoms with Gasteiger partial charge in [0.1, 0.15) is 67.0 Å². The molecular weight excluding hydrogens is 556 g/mol. The van der Waals surface area contributed by atoms with Crippen LogP contribution in [0.3, 0.4) is 0 Å². The highest BCUT2D eigenvalue weighted by Gasteiger charge is 2.52. The minimum absolute atomic E-state index is 0.435. The highest BCUT2D eigenvalue weighted by Crippen LogP contribution is 2.31. The van der Waals surface area contributed by atoms with Gasteiger partial charge in [0, 0.05) is 28.1 Å². The van der Waals surface area contributed by atoms with E-state index in [0.717, 1.165) is 0 Å². The lowest BCUT2D eigenvalue weighted by Crippen LogP contribution is -2.69. The Morgan fingerprint density at radius 1 is 0.732 bits per heavy atom. The number of aliphatic hydroxyl groups is 6. The third-order valence-corrected chi connectivity index (χ3v) is 7.33. The van der Waals surface area contributed by atoms with Gasteiger partial charge in [-0.2, -0.15) is 0 Å². The predicted molar refractivity (Wildman–Crippen MR) is 133 cm³/mol. The maximum absolute atomic E-state index is 11.9. The van der Waals surface area contributed by atoms with Crippen molar-refractivity contribution in [2.75, 3.05) is 27.4 Å². The molecule has 3 fully saturated rings. The van der Waals surface area contributed by atoms with Crippen LogP contribution in [-0.2, 0) is 42.7 Å². The Kier molecular flexibility index (Phi) is 12.2. The number of carbonyl (C=O) groups is 2. The van der Waals surface area contributed by atoms with E-state index in [1.54, 1.807) is 0 Å². The molecule has 3 heterocycles. The Bertz CT molecular complexity index is 869. The summed E-state index contributed by atoms with van der Waals surface area (Å²) in [5.41, 5.74) is 0. The van der Waals surface area contributed by atoms with Gasteiger partial charge in [-0.05, 0) is 6.92 Å². The molecule has 0 bridgehead atoms. The van der Waals surface area contributed by atoms with Gasteiger partial charge in [0.15, 0.2) is 18.9 Å². The summed E-state index contributed by atoms with van der Waals surface area (Å²) in [6.45, 7) is 2.86. The average molecular weight is 599 g/mol. The van der Waals surface area contributed by atoms with Crippen molar-refractivity contribution in [1.29, 1.82) is 0 Å². The van der Waals surface area contributed by atoms with Gasteiger partial charge >= 0.3 is 0 Å². The van der Waals surface area contributed by atoms with Crippen LogP contribution in [0.2, 0.25) is 0 Å². The van der Waals surface area contributed by atoms with Crippen molar-refractivity contribution in [2.45, 2.75) is 113 Å². The van der Waals surface area contributed by atoms with Crippen LogP contribution in [-0.4, -0.2) is 162 Å². The van der Waals surface area contributed by atoms with Crippen LogP contribution in [0.5, 0.6) is 0 Å². The van der Waals surface area contributed by atoms with E-state index in [4.69, 9.17) is 33.2 Å². The van der Waals surface area contributed by atoms with Crippen molar-refractivity contribution < 1.29 is 73.4 Å². The molecule has 6 unspecified atom stereocenters. The summed E-state index contributed by atoms with van der Waals surface area (Å²) in [5.74, 6) is -1.14. The molecule has 3 aliphatic rings. The van der Waals surface area contributed by atoms with Crippen LogP contribution in [0.1, 0.15) is 20.8 Å².